The summed E-state index contributed by atoms with van der Waals surface area (Å²) in [6, 6.07) is 4.82. The Bertz CT molecular complexity index is 504. The quantitative estimate of drug-likeness (QED) is 0.904. The summed E-state index contributed by atoms with van der Waals surface area (Å²) >= 11 is 11.8. The van der Waals surface area contributed by atoms with Crippen LogP contribution in [0.3, 0.4) is 0 Å². The normalized spacial score (nSPS) is 10.5. The average molecular weight is 317 g/mol. The summed E-state index contributed by atoms with van der Waals surface area (Å²) in [6.07, 6.45) is 0. The lowest BCUT2D eigenvalue weighted by Gasteiger charge is -2.22. The Balaban J connectivity index is 2.68. The highest BCUT2D eigenvalue weighted by molar-refractivity contribution is 6.36. The molecule has 0 aromatic heterocycles. The van der Waals surface area contributed by atoms with Crippen LogP contribution < -0.4 is 5.32 Å². The number of hydrogen-bond acceptors (Lipinski definition) is 2. The molecular weight excluding hydrogens is 299 g/mol. The zero-order valence-electron chi connectivity index (χ0n) is 11.7. The topological polar surface area (TPSA) is 49.4 Å². The third-order valence-electron chi connectivity index (χ3n) is 2.57. The summed E-state index contributed by atoms with van der Waals surface area (Å²) in [5.74, 6) is -0.119. The van der Waals surface area contributed by atoms with E-state index in [4.69, 9.17) is 23.2 Å². The van der Waals surface area contributed by atoms with E-state index in [0.29, 0.717) is 28.2 Å². The molecule has 0 heterocycles. The zero-order chi connectivity index (χ0) is 15.3. The average Bonchev–Trinajstić information content (AvgIpc) is 2.31. The van der Waals surface area contributed by atoms with Crippen molar-refractivity contribution in [3.63, 3.8) is 0 Å². The molecule has 6 heteroatoms. The molecule has 0 aliphatic rings. The fourth-order valence-corrected chi connectivity index (χ4v) is 2.15. The first-order valence-electron chi connectivity index (χ1n) is 6.30. The predicted molar refractivity (Wildman–Crippen MR) is 82.2 cm³/mol. The van der Waals surface area contributed by atoms with Crippen molar-refractivity contribution >= 4 is 40.7 Å². The van der Waals surface area contributed by atoms with Gasteiger partial charge < -0.3 is 10.2 Å². The van der Waals surface area contributed by atoms with Crippen LogP contribution in [0.25, 0.3) is 0 Å². The second kappa shape index (κ2) is 7.50. The monoisotopic (exact) mass is 316 g/mol. The van der Waals surface area contributed by atoms with Gasteiger partial charge in [-0.2, -0.15) is 0 Å². The first kappa shape index (κ1) is 16.8. The van der Waals surface area contributed by atoms with E-state index in [1.54, 1.807) is 18.2 Å². The number of nitrogens with zero attached hydrogens (tertiary/aromatic N) is 1. The number of carbonyl (C=O) groups is 2. The Morgan fingerprint density at radius 2 is 1.95 bits per heavy atom. The van der Waals surface area contributed by atoms with Gasteiger partial charge in [-0.15, -0.1) is 0 Å². The molecule has 1 aromatic carbocycles. The number of hydrogen-bond donors (Lipinski definition) is 1. The summed E-state index contributed by atoms with van der Waals surface area (Å²) in [5.41, 5.74) is 0.481. The molecule has 0 aliphatic heterocycles. The molecule has 0 bridgehead atoms. The van der Waals surface area contributed by atoms with E-state index in [2.05, 4.69) is 5.32 Å². The number of benzene rings is 1. The van der Waals surface area contributed by atoms with Crippen molar-refractivity contribution in [2.45, 2.75) is 20.8 Å². The maximum absolute atomic E-state index is 11.9. The van der Waals surface area contributed by atoms with Crippen LogP contribution >= 0.6 is 23.2 Å². The van der Waals surface area contributed by atoms with Crippen molar-refractivity contribution in [1.82, 2.24) is 4.90 Å². The van der Waals surface area contributed by atoms with E-state index < -0.39 is 0 Å². The van der Waals surface area contributed by atoms with Crippen molar-refractivity contribution < 1.29 is 9.59 Å². The van der Waals surface area contributed by atoms with Gasteiger partial charge in [0.25, 0.3) is 0 Å². The Kier molecular flexibility index (Phi) is 6.30. The number of nitrogens with one attached hydrogen (secondary N) is 1. The Labute approximate surface area is 129 Å². The van der Waals surface area contributed by atoms with Crippen LogP contribution in [-0.2, 0) is 9.59 Å². The molecule has 0 saturated carbocycles. The molecule has 0 saturated heterocycles. The number of rotatable bonds is 5. The van der Waals surface area contributed by atoms with Gasteiger partial charge in [0, 0.05) is 18.5 Å². The van der Waals surface area contributed by atoms with Gasteiger partial charge in [0.2, 0.25) is 11.8 Å². The molecule has 0 aliphatic carbocycles. The number of amides is 2. The largest absolute Gasteiger partial charge is 0.333 e. The molecule has 1 rings (SSSR count). The van der Waals surface area contributed by atoms with Crippen LogP contribution in [0.15, 0.2) is 18.2 Å². The summed E-state index contributed by atoms with van der Waals surface area (Å²) in [6.45, 7) is 5.97. The minimum atomic E-state index is -0.287. The second-order valence-corrected chi connectivity index (χ2v) is 5.81. The Morgan fingerprint density at radius 1 is 1.30 bits per heavy atom. The van der Waals surface area contributed by atoms with Crippen molar-refractivity contribution in [2.24, 2.45) is 5.92 Å². The maximum Gasteiger partial charge on any atom is 0.244 e. The van der Waals surface area contributed by atoms with Crippen LogP contribution in [0.2, 0.25) is 10.0 Å². The van der Waals surface area contributed by atoms with Crippen molar-refractivity contribution in [1.29, 1.82) is 0 Å². The van der Waals surface area contributed by atoms with Gasteiger partial charge in [0.05, 0.1) is 17.3 Å². The lowest BCUT2D eigenvalue weighted by Crippen LogP contribution is -2.38. The minimum absolute atomic E-state index is 0.00642. The molecule has 20 heavy (non-hydrogen) atoms. The van der Waals surface area contributed by atoms with Crippen LogP contribution in [0, 0.1) is 5.92 Å². The number of halogens is 2. The van der Waals surface area contributed by atoms with E-state index in [1.807, 2.05) is 13.8 Å². The molecule has 4 nitrogen and oxygen atoms in total. The standard InChI is InChI=1S/C14H18Cl2N2O2/c1-9(2)7-18(10(3)19)8-14(20)17-13-5-4-11(15)6-12(13)16/h4-6,9H,7-8H2,1-3H3,(H,17,20). The van der Waals surface area contributed by atoms with Crippen LogP contribution in [0.4, 0.5) is 5.69 Å². The van der Waals surface area contributed by atoms with Gasteiger partial charge >= 0.3 is 0 Å². The van der Waals surface area contributed by atoms with Gasteiger partial charge in [-0.25, -0.2) is 0 Å². The predicted octanol–water partition coefficient (Wildman–Crippen LogP) is 3.44. The van der Waals surface area contributed by atoms with E-state index in [9.17, 15) is 9.59 Å². The van der Waals surface area contributed by atoms with Crippen LogP contribution in [-0.4, -0.2) is 29.8 Å². The first-order valence-corrected chi connectivity index (χ1v) is 7.05. The van der Waals surface area contributed by atoms with Gasteiger partial charge in [-0.1, -0.05) is 37.0 Å². The van der Waals surface area contributed by atoms with Crippen molar-refractivity contribution in [3.8, 4) is 0 Å². The molecule has 0 atom stereocenters. The third kappa shape index (κ3) is 5.39. The van der Waals surface area contributed by atoms with Crippen molar-refractivity contribution in [2.75, 3.05) is 18.4 Å². The molecule has 0 fully saturated rings. The molecule has 1 N–H and O–H groups in total. The van der Waals surface area contributed by atoms with Gasteiger partial charge in [0.15, 0.2) is 0 Å². The smallest absolute Gasteiger partial charge is 0.244 e. The fourth-order valence-electron chi connectivity index (χ4n) is 1.70. The lowest BCUT2D eigenvalue weighted by molar-refractivity contribution is -0.133. The fraction of sp³-hybridized carbons (Fsp3) is 0.429. The molecule has 110 valence electrons. The maximum atomic E-state index is 11.9. The molecule has 0 unspecified atom stereocenters. The molecule has 0 spiro atoms. The lowest BCUT2D eigenvalue weighted by atomic mass is 10.2. The van der Waals surface area contributed by atoms with E-state index in [1.165, 1.54) is 11.8 Å². The summed E-state index contributed by atoms with van der Waals surface area (Å²) < 4.78 is 0. The molecule has 0 radical (unpaired) electrons. The highest BCUT2D eigenvalue weighted by Gasteiger charge is 2.15. The highest BCUT2D eigenvalue weighted by atomic mass is 35.5. The SMILES string of the molecule is CC(=O)N(CC(=O)Nc1ccc(Cl)cc1Cl)CC(C)C. The van der Waals surface area contributed by atoms with Crippen molar-refractivity contribution in [3.05, 3.63) is 28.2 Å². The zero-order valence-corrected chi connectivity index (χ0v) is 13.3. The second-order valence-electron chi connectivity index (χ2n) is 4.97. The van der Waals surface area contributed by atoms with Crippen LogP contribution in [0.5, 0.6) is 0 Å². The van der Waals surface area contributed by atoms with Gasteiger partial charge in [0.1, 0.15) is 0 Å². The van der Waals surface area contributed by atoms with E-state index in [0.717, 1.165) is 0 Å². The molecule has 2 amide bonds. The first-order chi connectivity index (χ1) is 9.29. The summed E-state index contributed by atoms with van der Waals surface area (Å²) in [4.78, 5) is 24.9. The summed E-state index contributed by atoms with van der Waals surface area (Å²) in [5, 5.41) is 3.54. The molecular formula is C14H18Cl2N2O2. The van der Waals surface area contributed by atoms with Gasteiger partial charge in [-0.05, 0) is 24.1 Å². The third-order valence-corrected chi connectivity index (χ3v) is 3.12. The van der Waals surface area contributed by atoms with Gasteiger partial charge in [-0.3, -0.25) is 9.59 Å². The minimum Gasteiger partial charge on any atom is -0.333 e. The van der Waals surface area contributed by atoms with E-state index >= 15 is 0 Å². The Hall–Kier alpha value is -1.26. The highest BCUT2D eigenvalue weighted by Crippen LogP contribution is 2.25. The molecule has 1 aromatic rings. The summed E-state index contributed by atoms with van der Waals surface area (Å²) in [7, 11) is 0. The van der Waals surface area contributed by atoms with Crippen LogP contribution in [0.1, 0.15) is 20.8 Å². The number of anilines is 1. The number of carbonyl (C=O) groups excluding carboxylic acids is 2. The Morgan fingerprint density at radius 3 is 2.45 bits per heavy atom. The van der Waals surface area contributed by atoms with E-state index in [-0.39, 0.29) is 18.4 Å².